The fourth-order valence-electron chi connectivity index (χ4n) is 4.25. The van der Waals surface area contributed by atoms with Gasteiger partial charge in [0.1, 0.15) is 18.0 Å². The van der Waals surface area contributed by atoms with Gasteiger partial charge >= 0.3 is 0 Å². The summed E-state index contributed by atoms with van der Waals surface area (Å²) in [6.45, 7) is 7.65. The van der Waals surface area contributed by atoms with Crippen molar-refractivity contribution in [2.45, 2.75) is 33.2 Å². The zero-order chi connectivity index (χ0) is 20.4. The lowest BCUT2D eigenvalue weighted by molar-refractivity contribution is -0.922. The number of quaternary nitrogens is 1. The fraction of sp³-hybridized carbons (Fsp3) is 0.375. The monoisotopic (exact) mass is 394 g/mol. The Bertz CT molecular complexity index is 933. The van der Waals surface area contributed by atoms with Crippen LogP contribution in [-0.2, 0) is 6.54 Å². The van der Waals surface area contributed by atoms with Gasteiger partial charge in [0.05, 0.1) is 30.8 Å². The smallest absolute Gasteiger partial charge is 0.231 e. The molecule has 5 nitrogen and oxygen atoms in total. The first-order valence-corrected chi connectivity index (χ1v) is 10.4. The SMILES string of the molecule is CCOc1ccc(/C=C2\Oc3c(ccc(O)c3C[NH+]3CCC[C@@H](C)C3)C2=O)cc1. The predicted octanol–water partition coefficient (Wildman–Crippen LogP) is 3.22. The van der Waals surface area contributed by atoms with Crippen LogP contribution in [0.3, 0.4) is 0 Å². The van der Waals surface area contributed by atoms with E-state index in [9.17, 15) is 9.90 Å². The fourth-order valence-corrected chi connectivity index (χ4v) is 4.25. The van der Waals surface area contributed by atoms with Crippen molar-refractivity contribution in [2.75, 3.05) is 19.7 Å². The van der Waals surface area contributed by atoms with Crippen molar-refractivity contribution in [3.8, 4) is 17.2 Å². The number of allylic oxidation sites excluding steroid dienone is 1. The highest BCUT2D eigenvalue weighted by atomic mass is 16.5. The second kappa shape index (κ2) is 8.29. The van der Waals surface area contributed by atoms with E-state index in [1.807, 2.05) is 31.2 Å². The molecule has 1 fully saturated rings. The Balaban J connectivity index is 1.58. The Kier molecular flexibility index (Phi) is 5.58. The van der Waals surface area contributed by atoms with Crippen molar-refractivity contribution >= 4 is 11.9 Å². The summed E-state index contributed by atoms with van der Waals surface area (Å²) < 4.78 is 11.5. The zero-order valence-corrected chi connectivity index (χ0v) is 17.0. The molecule has 0 aliphatic carbocycles. The van der Waals surface area contributed by atoms with E-state index < -0.39 is 0 Å². The van der Waals surface area contributed by atoms with Gasteiger partial charge in [0.15, 0.2) is 11.5 Å². The van der Waals surface area contributed by atoms with Crippen LogP contribution in [0.25, 0.3) is 6.08 Å². The molecule has 2 aliphatic rings. The molecule has 2 atom stereocenters. The Labute approximate surface area is 171 Å². The molecular weight excluding hydrogens is 366 g/mol. The highest BCUT2D eigenvalue weighted by molar-refractivity contribution is 6.14. The predicted molar refractivity (Wildman–Crippen MR) is 111 cm³/mol. The lowest BCUT2D eigenvalue weighted by atomic mass is 9.99. The number of ether oxygens (including phenoxy) is 2. The molecule has 0 aromatic heterocycles. The molecule has 0 amide bonds. The number of aromatic hydroxyl groups is 1. The van der Waals surface area contributed by atoms with Crippen LogP contribution in [0.15, 0.2) is 42.2 Å². The molecular formula is C24H28NO4+. The number of carbonyl (C=O) groups excluding carboxylic acids is 1. The third-order valence-electron chi connectivity index (χ3n) is 5.70. The molecule has 2 aromatic carbocycles. The van der Waals surface area contributed by atoms with E-state index in [0.717, 1.165) is 30.0 Å². The number of nitrogens with one attached hydrogen (secondary N) is 1. The van der Waals surface area contributed by atoms with Gasteiger partial charge in [-0.1, -0.05) is 19.1 Å². The van der Waals surface area contributed by atoms with Crippen molar-refractivity contribution in [1.29, 1.82) is 0 Å². The van der Waals surface area contributed by atoms with E-state index in [1.54, 1.807) is 18.2 Å². The number of rotatable bonds is 5. The molecule has 2 aromatic rings. The van der Waals surface area contributed by atoms with Crippen LogP contribution in [-0.4, -0.2) is 30.6 Å². The maximum Gasteiger partial charge on any atom is 0.231 e. The molecule has 5 heteroatoms. The number of likely N-dealkylation sites (tertiary alicyclic amines) is 1. The highest BCUT2D eigenvalue weighted by Gasteiger charge is 2.33. The number of hydrogen-bond acceptors (Lipinski definition) is 4. The first-order chi connectivity index (χ1) is 14.0. The van der Waals surface area contributed by atoms with Crippen molar-refractivity contribution < 1.29 is 24.3 Å². The summed E-state index contributed by atoms with van der Waals surface area (Å²) in [6, 6.07) is 10.8. The maximum atomic E-state index is 12.9. The van der Waals surface area contributed by atoms with E-state index >= 15 is 0 Å². The molecule has 2 N–H and O–H groups in total. The minimum absolute atomic E-state index is 0.142. The van der Waals surface area contributed by atoms with Gasteiger partial charge in [-0.3, -0.25) is 4.79 Å². The molecule has 4 rings (SSSR count). The van der Waals surface area contributed by atoms with Gasteiger partial charge in [-0.05, 0) is 55.7 Å². The molecule has 0 radical (unpaired) electrons. The Hall–Kier alpha value is -2.79. The van der Waals surface area contributed by atoms with Gasteiger partial charge in [0.2, 0.25) is 5.78 Å². The summed E-state index contributed by atoms with van der Waals surface area (Å²) >= 11 is 0. The average molecular weight is 394 g/mol. The van der Waals surface area contributed by atoms with Gasteiger partial charge < -0.3 is 19.5 Å². The summed E-state index contributed by atoms with van der Waals surface area (Å²) in [7, 11) is 0. The number of fused-ring (bicyclic) bond motifs is 1. The topological polar surface area (TPSA) is 60.2 Å². The van der Waals surface area contributed by atoms with E-state index in [0.29, 0.717) is 30.4 Å². The summed E-state index contributed by atoms with van der Waals surface area (Å²) in [5, 5.41) is 10.5. The van der Waals surface area contributed by atoms with Gasteiger partial charge in [0, 0.05) is 5.92 Å². The van der Waals surface area contributed by atoms with Crippen molar-refractivity contribution in [3.05, 3.63) is 58.8 Å². The lowest BCUT2D eigenvalue weighted by Gasteiger charge is -2.28. The average Bonchev–Trinajstić information content (AvgIpc) is 3.02. The molecule has 2 aliphatic heterocycles. The largest absolute Gasteiger partial charge is 0.507 e. The van der Waals surface area contributed by atoms with Crippen LogP contribution in [0, 0.1) is 5.92 Å². The van der Waals surface area contributed by atoms with Crippen molar-refractivity contribution in [3.63, 3.8) is 0 Å². The lowest BCUT2D eigenvalue weighted by Crippen LogP contribution is -3.12. The van der Waals surface area contributed by atoms with E-state index in [1.165, 1.54) is 17.7 Å². The first kappa shape index (κ1) is 19.5. The Morgan fingerprint density at radius 2 is 2.03 bits per heavy atom. The van der Waals surface area contributed by atoms with Crippen LogP contribution in [0.4, 0.5) is 0 Å². The van der Waals surface area contributed by atoms with E-state index in [2.05, 4.69) is 6.92 Å². The van der Waals surface area contributed by atoms with E-state index in [4.69, 9.17) is 9.47 Å². The number of phenolic OH excluding ortho intramolecular Hbond substituents is 1. The summed E-state index contributed by atoms with van der Waals surface area (Å²) in [5.41, 5.74) is 2.13. The quantitative estimate of drug-likeness (QED) is 0.765. The number of hydrogen-bond donors (Lipinski definition) is 2. The third-order valence-corrected chi connectivity index (χ3v) is 5.70. The molecule has 152 valence electrons. The van der Waals surface area contributed by atoms with Gasteiger partial charge in [-0.2, -0.15) is 0 Å². The van der Waals surface area contributed by atoms with Crippen LogP contribution >= 0.6 is 0 Å². The molecule has 29 heavy (non-hydrogen) atoms. The van der Waals surface area contributed by atoms with Crippen molar-refractivity contribution in [2.24, 2.45) is 5.92 Å². The minimum atomic E-state index is -0.142. The molecule has 0 bridgehead atoms. The van der Waals surface area contributed by atoms with Crippen LogP contribution in [0.2, 0.25) is 0 Å². The maximum absolute atomic E-state index is 12.9. The van der Waals surface area contributed by atoms with Gasteiger partial charge in [0.25, 0.3) is 0 Å². The summed E-state index contributed by atoms with van der Waals surface area (Å²) in [6.07, 6.45) is 4.19. The number of benzene rings is 2. The second-order valence-corrected chi connectivity index (χ2v) is 8.01. The molecule has 2 heterocycles. The first-order valence-electron chi connectivity index (χ1n) is 10.4. The normalized spacial score (nSPS) is 22.4. The molecule has 1 unspecified atom stereocenters. The van der Waals surface area contributed by atoms with E-state index in [-0.39, 0.29) is 17.3 Å². The third kappa shape index (κ3) is 4.15. The number of ketones is 1. The highest BCUT2D eigenvalue weighted by Crippen LogP contribution is 2.39. The summed E-state index contributed by atoms with van der Waals surface area (Å²) in [5.74, 6) is 2.33. The van der Waals surface area contributed by atoms with Gasteiger partial charge in [-0.15, -0.1) is 0 Å². The number of Topliss-reactive ketones (excluding diaryl/α,β-unsaturated/α-hetero) is 1. The van der Waals surface area contributed by atoms with Crippen LogP contribution < -0.4 is 14.4 Å². The van der Waals surface area contributed by atoms with Crippen LogP contribution in [0.5, 0.6) is 17.2 Å². The second-order valence-electron chi connectivity index (χ2n) is 8.01. The zero-order valence-electron chi connectivity index (χ0n) is 17.0. The Morgan fingerprint density at radius 3 is 2.76 bits per heavy atom. The van der Waals surface area contributed by atoms with Crippen molar-refractivity contribution in [1.82, 2.24) is 0 Å². The summed E-state index contributed by atoms with van der Waals surface area (Å²) in [4.78, 5) is 14.3. The Morgan fingerprint density at radius 1 is 1.24 bits per heavy atom. The molecule has 1 saturated heterocycles. The van der Waals surface area contributed by atoms with Crippen LogP contribution in [0.1, 0.15) is 48.2 Å². The minimum Gasteiger partial charge on any atom is -0.507 e. The number of piperidine rings is 1. The molecule has 0 spiro atoms. The molecule has 0 saturated carbocycles. The number of phenols is 1. The number of carbonyl (C=O) groups is 1. The standard InChI is InChI=1S/C24H27NO4/c1-3-28-18-8-6-17(7-9-18)13-22-23(27)19-10-11-21(26)20(24(19)29-22)15-25-12-4-5-16(2)14-25/h6-11,13,16,26H,3-5,12,14-15H2,1-2H3/p+1/b22-13-/t16-/m1/s1. The van der Waals surface area contributed by atoms with Gasteiger partial charge in [-0.25, -0.2) is 0 Å².